The van der Waals surface area contributed by atoms with Crippen molar-refractivity contribution in [1.29, 1.82) is 0 Å². The maximum absolute atomic E-state index is 12.4. The number of hydrogen-bond acceptors (Lipinski definition) is 4. The molecule has 2 rings (SSSR count). The molecule has 0 aromatic carbocycles. The Morgan fingerprint density at radius 1 is 1.55 bits per heavy atom. The van der Waals surface area contributed by atoms with Crippen LogP contribution in [0.3, 0.4) is 0 Å². The van der Waals surface area contributed by atoms with Gasteiger partial charge in [0.2, 0.25) is 10.0 Å². The minimum atomic E-state index is -3.45. The lowest BCUT2D eigenvalue weighted by atomic mass is 10.3. The smallest absolute Gasteiger partial charge is 0.242 e. The predicted molar refractivity (Wildman–Crippen MR) is 83.4 cm³/mol. The van der Waals surface area contributed by atoms with Crippen LogP contribution < -0.4 is 10.5 Å². The first-order valence-corrected chi connectivity index (χ1v) is 9.81. The first-order chi connectivity index (χ1) is 9.51. The fraction of sp³-hybridized carbons (Fsp3) is 0.692. The Kier molecular flexibility index (Phi) is 5.17. The Bertz CT molecular complexity index is 550. The van der Waals surface area contributed by atoms with Gasteiger partial charge in [-0.15, -0.1) is 0 Å². The normalized spacial score (nSPS) is 17.4. The maximum atomic E-state index is 12.4. The highest BCUT2D eigenvalue weighted by Crippen LogP contribution is 2.37. The lowest BCUT2D eigenvalue weighted by molar-refractivity contribution is 0.558. The van der Waals surface area contributed by atoms with Crippen molar-refractivity contribution in [3.8, 4) is 0 Å². The van der Waals surface area contributed by atoms with E-state index >= 15 is 0 Å². The number of nitrogens with two attached hydrogens (primary N) is 1. The van der Waals surface area contributed by atoms with Crippen LogP contribution in [0.4, 0.5) is 0 Å². The third-order valence-corrected chi connectivity index (χ3v) is 5.77. The van der Waals surface area contributed by atoms with Gasteiger partial charge in [-0.1, -0.05) is 6.92 Å². The van der Waals surface area contributed by atoms with Crippen molar-refractivity contribution >= 4 is 21.8 Å². The molecule has 0 bridgehead atoms. The molecule has 1 atom stereocenters. The summed E-state index contributed by atoms with van der Waals surface area (Å²) in [5, 5.41) is 0. The molecule has 1 aromatic rings. The number of nitrogens with zero attached hydrogens (tertiary/aromatic N) is 1. The summed E-state index contributed by atoms with van der Waals surface area (Å²) in [6.45, 7) is 2.36. The molecular formula is C13H23N3O2S2. The second kappa shape index (κ2) is 6.51. The van der Waals surface area contributed by atoms with E-state index in [0.29, 0.717) is 17.5 Å². The third kappa shape index (κ3) is 3.58. The van der Waals surface area contributed by atoms with Gasteiger partial charge in [-0.2, -0.15) is 11.8 Å². The van der Waals surface area contributed by atoms with Gasteiger partial charge >= 0.3 is 0 Å². The van der Waals surface area contributed by atoms with Crippen LogP contribution in [0.15, 0.2) is 17.2 Å². The molecule has 114 valence electrons. The van der Waals surface area contributed by atoms with Crippen molar-refractivity contribution < 1.29 is 8.42 Å². The van der Waals surface area contributed by atoms with Crippen LogP contribution in [-0.2, 0) is 16.6 Å². The monoisotopic (exact) mass is 317 g/mol. The highest BCUT2D eigenvalue weighted by atomic mass is 32.2. The maximum Gasteiger partial charge on any atom is 0.242 e. The number of rotatable bonds is 8. The summed E-state index contributed by atoms with van der Waals surface area (Å²) >= 11 is 1.65. The predicted octanol–water partition coefficient (Wildman–Crippen LogP) is 1.70. The molecule has 1 aliphatic rings. The number of nitrogens with one attached hydrogen (secondary N) is 1. The SMILES string of the molecule is CCC(CSC)NS(=O)(=O)c1cc(CN)n(C2CC2)c1. The van der Waals surface area contributed by atoms with Crippen molar-refractivity contribution in [2.45, 2.75) is 49.7 Å². The summed E-state index contributed by atoms with van der Waals surface area (Å²) in [6.07, 6.45) is 6.71. The largest absolute Gasteiger partial charge is 0.346 e. The number of sulfonamides is 1. The van der Waals surface area contributed by atoms with Crippen LogP contribution in [0.1, 0.15) is 37.9 Å². The minimum Gasteiger partial charge on any atom is -0.346 e. The fourth-order valence-electron chi connectivity index (χ4n) is 2.22. The van der Waals surface area contributed by atoms with Gasteiger partial charge in [0, 0.05) is 36.3 Å². The summed E-state index contributed by atoms with van der Waals surface area (Å²) < 4.78 is 29.7. The van der Waals surface area contributed by atoms with Crippen LogP contribution in [0.2, 0.25) is 0 Å². The molecule has 1 unspecified atom stereocenters. The standard InChI is InChI=1S/C13H23N3O2S2/c1-3-10(9-19-2)15-20(17,18)13-6-12(7-14)16(8-13)11-4-5-11/h6,8,10-11,15H,3-5,7,9,14H2,1-2H3. The lowest BCUT2D eigenvalue weighted by Crippen LogP contribution is -2.35. The van der Waals surface area contributed by atoms with Gasteiger partial charge in [0.15, 0.2) is 0 Å². The van der Waals surface area contributed by atoms with Crippen molar-refractivity contribution in [3.05, 3.63) is 18.0 Å². The molecule has 1 heterocycles. The van der Waals surface area contributed by atoms with Gasteiger partial charge in [0.25, 0.3) is 0 Å². The summed E-state index contributed by atoms with van der Waals surface area (Å²) in [5.74, 6) is 0.781. The molecule has 0 aliphatic heterocycles. The van der Waals surface area contributed by atoms with Gasteiger partial charge in [0.05, 0.1) is 4.90 Å². The second-order valence-electron chi connectivity index (χ2n) is 5.19. The van der Waals surface area contributed by atoms with Gasteiger partial charge in [0.1, 0.15) is 0 Å². The van der Waals surface area contributed by atoms with Gasteiger partial charge in [-0.25, -0.2) is 13.1 Å². The zero-order chi connectivity index (χ0) is 14.8. The third-order valence-electron chi connectivity index (χ3n) is 3.55. The Morgan fingerprint density at radius 3 is 2.75 bits per heavy atom. The average Bonchev–Trinajstić information content (AvgIpc) is 3.16. The van der Waals surface area contributed by atoms with E-state index in [1.54, 1.807) is 24.0 Å². The molecular weight excluding hydrogens is 294 g/mol. The highest BCUT2D eigenvalue weighted by Gasteiger charge is 2.28. The number of hydrogen-bond donors (Lipinski definition) is 2. The molecule has 20 heavy (non-hydrogen) atoms. The van der Waals surface area contributed by atoms with Crippen molar-refractivity contribution in [2.24, 2.45) is 5.73 Å². The Hall–Kier alpha value is -0.500. The second-order valence-corrected chi connectivity index (χ2v) is 7.82. The Labute approximate surface area is 125 Å². The van der Waals surface area contributed by atoms with Crippen LogP contribution >= 0.6 is 11.8 Å². The summed E-state index contributed by atoms with van der Waals surface area (Å²) in [6, 6.07) is 2.11. The average molecular weight is 317 g/mol. The van der Waals surface area contributed by atoms with E-state index in [2.05, 4.69) is 4.72 Å². The van der Waals surface area contributed by atoms with E-state index < -0.39 is 10.0 Å². The van der Waals surface area contributed by atoms with Crippen molar-refractivity contribution in [2.75, 3.05) is 12.0 Å². The summed E-state index contributed by atoms with van der Waals surface area (Å²) in [5.41, 5.74) is 6.60. The van der Waals surface area contributed by atoms with Crippen LogP contribution in [0, 0.1) is 0 Å². The first-order valence-electron chi connectivity index (χ1n) is 6.94. The van der Waals surface area contributed by atoms with E-state index in [-0.39, 0.29) is 6.04 Å². The van der Waals surface area contributed by atoms with Crippen molar-refractivity contribution in [3.63, 3.8) is 0 Å². The molecule has 0 spiro atoms. The molecule has 1 fully saturated rings. The van der Waals surface area contributed by atoms with Gasteiger partial charge in [-0.05, 0) is 31.6 Å². The molecule has 3 N–H and O–H groups in total. The van der Waals surface area contributed by atoms with E-state index in [4.69, 9.17) is 5.73 Å². The summed E-state index contributed by atoms with van der Waals surface area (Å²) in [7, 11) is -3.45. The minimum absolute atomic E-state index is 0.0272. The molecule has 7 heteroatoms. The molecule has 5 nitrogen and oxygen atoms in total. The van der Waals surface area contributed by atoms with E-state index in [1.807, 2.05) is 17.7 Å². The molecule has 1 aromatic heterocycles. The molecule has 0 amide bonds. The lowest BCUT2D eigenvalue weighted by Gasteiger charge is -2.15. The van der Waals surface area contributed by atoms with Gasteiger partial charge in [-0.3, -0.25) is 0 Å². The number of thioether (sulfide) groups is 1. The molecule has 0 saturated heterocycles. The Balaban J connectivity index is 2.20. The van der Waals surface area contributed by atoms with E-state index in [1.165, 1.54) is 0 Å². The Morgan fingerprint density at radius 2 is 2.25 bits per heavy atom. The van der Waals surface area contributed by atoms with Crippen LogP contribution in [-0.4, -0.2) is 31.0 Å². The molecule has 1 saturated carbocycles. The summed E-state index contributed by atoms with van der Waals surface area (Å²) in [4.78, 5) is 0.337. The topological polar surface area (TPSA) is 77.1 Å². The van der Waals surface area contributed by atoms with Crippen LogP contribution in [0.5, 0.6) is 0 Å². The zero-order valence-corrected chi connectivity index (χ0v) is 13.6. The molecule has 1 aliphatic carbocycles. The quantitative estimate of drug-likeness (QED) is 0.765. The van der Waals surface area contributed by atoms with Crippen LogP contribution in [0.25, 0.3) is 0 Å². The van der Waals surface area contributed by atoms with Gasteiger partial charge < -0.3 is 10.3 Å². The first kappa shape index (κ1) is 15.9. The van der Waals surface area contributed by atoms with Crippen molar-refractivity contribution in [1.82, 2.24) is 9.29 Å². The van der Waals surface area contributed by atoms with E-state index in [9.17, 15) is 8.42 Å². The fourth-order valence-corrected chi connectivity index (χ4v) is 4.42. The number of aromatic nitrogens is 1. The highest BCUT2D eigenvalue weighted by molar-refractivity contribution is 7.98. The molecule has 0 radical (unpaired) electrons. The van der Waals surface area contributed by atoms with E-state index in [0.717, 1.165) is 30.7 Å². The zero-order valence-electron chi connectivity index (χ0n) is 12.0.